The summed E-state index contributed by atoms with van der Waals surface area (Å²) in [6.45, 7) is 2.67. The lowest BCUT2D eigenvalue weighted by atomic mass is 9.98. The second-order valence-corrected chi connectivity index (χ2v) is 6.37. The number of hydrogen-bond acceptors (Lipinski definition) is 3. The van der Waals surface area contributed by atoms with E-state index in [4.69, 9.17) is 4.74 Å². The first-order chi connectivity index (χ1) is 12.2. The summed E-state index contributed by atoms with van der Waals surface area (Å²) in [5, 5.41) is 4.63. The molecule has 1 unspecified atom stereocenters. The second-order valence-electron chi connectivity index (χ2n) is 6.37. The minimum atomic E-state index is -0.230. The van der Waals surface area contributed by atoms with Gasteiger partial charge in [-0.05, 0) is 67.6 Å². The number of ether oxygens (including phenoxy) is 1. The van der Waals surface area contributed by atoms with Crippen molar-refractivity contribution in [2.45, 2.75) is 32.4 Å². The summed E-state index contributed by atoms with van der Waals surface area (Å²) in [6, 6.07) is 8.81. The maximum Gasteiger partial charge on any atom is 0.150 e. The van der Waals surface area contributed by atoms with Crippen LogP contribution >= 0.6 is 0 Å². The van der Waals surface area contributed by atoms with Crippen molar-refractivity contribution in [3.05, 3.63) is 60.3 Å². The first-order valence-electron chi connectivity index (χ1n) is 8.60. The highest BCUT2D eigenvalue weighted by atomic mass is 19.1. The van der Waals surface area contributed by atoms with Gasteiger partial charge in [0, 0.05) is 30.1 Å². The van der Waals surface area contributed by atoms with Crippen LogP contribution < -0.4 is 0 Å². The van der Waals surface area contributed by atoms with Crippen LogP contribution in [0.2, 0.25) is 0 Å². The third-order valence-electron chi connectivity index (χ3n) is 4.66. The molecule has 0 aliphatic carbocycles. The smallest absolute Gasteiger partial charge is 0.150 e. The molecule has 4 rings (SSSR count). The van der Waals surface area contributed by atoms with Crippen LogP contribution in [0.5, 0.6) is 0 Å². The summed E-state index contributed by atoms with van der Waals surface area (Å²) in [4.78, 5) is 4.10. The molecule has 1 aliphatic heterocycles. The van der Waals surface area contributed by atoms with Gasteiger partial charge in [-0.1, -0.05) is 0 Å². The molecule has 1 saturated heterocycles. The van der Waals surface area contributed by atoms with E-state index < -0.39 is 0 Å². The molecule has 128 valence electrons. The lowest BCUT2D eigenvalue weighted by molar-refractivity contribution is -0.0383. The Morgan fingerprint density at radius 2 is 1.96 bits per heavy atom. The Balaban J connectivity index is 1.90. The monoisotopic (exact) mass is 337 g/mol. The van der Waals surface area contributed by atoms with Crippen LogP contribution in [0.15, 0.2) is 48.9 Å². The van der Waals surface area contributed by atoms with E-state index in [2.05, 4.69) is 10.1 Å². The van der Waals surface area contributed by atoms with Crippen molar-refractivity contribution in [3.63, 3.8) is 0 Å². The van der Waals surface area contributed by atoms with Gasteiger partial charge in [0.1, 0.15) is 5.82 Å². The predicted molar refractivity (Wildman–Crippen MR) is 94.4 cm³/mol. The summed E-state index contributed by atoms with van der Waals surface area (Å²) in [7, 11) is 0. The maximum atomic E-state index is 13.6. The Morgan fingerprint density at radius 1 is 1.12 bits per heavy atom. The molecule has 0 amide bonds. The molecule has 3 aromatic rings. The molecular formula is C20H20FN3O. The van der Waals surface area contributed by atoms with Gasteiger partial charge in [0.15, 0.2) is 6.23 Å². The van der Waals surface area contributed by atoms with E-state index in [0.29, 0.717) is 0 Å². The average molecular weight is 337 g/mol. The minimum absolute atomic E-state index is 0.0798. The van der Waals surface area contributed by atoms with E-state index in [1.807, 2.05) is 36.0 Å². The van der Waals surface area contributed by atoms with Crippen LogP contribution in [0.4, 0.5) is 4.39 Å². The van der Waals surface area contributed by atoms with E-state index in [1.54, 1.807) is 18.5 Å². The van der Waals surface area contributed by atoms with Gasteiger partial charge in [-0.2, -0.15) is 5.10 Å². The standard InChI is InChI=1S/C20H20FN3O/c1-14-12-16(21)5-6-17(14)20-18(15-7-9-22-10-8-15)13-23-24(20)19-4-2-3-11-25-19/h5-10,12-13,19H,2-4,11H2,1H3. The normalized spacial score (nSPS) is 17.6. The van der Waals surface area contributed by atoms with E-state index in [0.717, 1.165) is 53.8 Å². The van der Waals surface area contributed by atoms with Crippen molar-refractivity contribution < 1.29 is 9.13 Å². The third kappa shape index (κ3) is 3.07. The van der Waals surface area contributed by atoms with Gasteiger partial charge >= 0.3 is 0 Å². The minimum Gasteiger partial charge on any atom is -0.356 e. The Bertz CT molecular complexity index is 870. The molecule has 3 heterocycles. The van der Waals surface area contributed by atoms with Crippen LogP contribution in [0, 0.1) is 12.7 Å². The first-order valence-corrected chi connectivity index (χ1v) is 8.60. The van der Waals surface area contributed by atoms with Crippen LogP contribution in [0.1, 0.15) is 31.1 Å². The fourth-order valence-corrected chi connectivity index (χ4v) is 3.40. The van der Waals surface area contributed by atoms with Gasteiger partial charge in [0.2, 0.25) is 0 Å². The Labute approximate surface area is 146 Å². The van der Waals surface area contributed by atoms with E-state index in [9.17, 15) is 4.39 Å². The summed E-state index contributed by atoms with van der Waals surface area (Å²) >= 11 is 0. The van der Waals surface area contributed by atoms with Crippen LogP contribution in [-0.4, -0.2) is 21.4 Å². The zero-order valence-corrected chi connectivity index (χ0v) is 14.2. The van der Waals surface area contributed by atoms with Crippen molar-refractivity contribution in [3.8, 4) is 22.4 Å². The second kappa shape index (κ2) is 6.76. The molecule has 5 heteroatoms. The molecule has 1 fully saturated rings. The number of halogens is 1. The highest BCUT2D eigenvalue weighted by Crippen LogP contribution is 2.37. The molecule has 0 saturated carbocycles. The number of aryl methyl sites for hydroxylation is 1. The molecule has 1 aromatic carbocycles. The van der Waals surface area contributed by atoms with E-state index in [-0.39, 0.29) is 12.0 Å². The van der Waals surface area contributed by atoms with Gasteiger partial charge < -0.3 is 4.74 Å². The fraction of sp³-hybridized carbons (Fsp3) is 0.300. The van der Waals surface area contributed by atoms with Crippen LogP contribution in [0.25, 0.3) is 22.4 Å². The van der Waals surface area contributed by atoms with Crippen molar-refractivity contribution >= 4 is 0 Å². The zero-order valence-electron chi connectivity index (χ0n) is 14.2. The van der Waals surface area contributed by atoms with Gasteiger partial charge in [-0.25, -0.2) is 9.07 Å². The van der Waals surface area contributed by atoms with Crippen LogP contribution in [0.3, 0.4) is 0 Å². The highest BCUT2D eigenvalue weighted by molar-refractivity contribution is 5.82. The zero-order chi connectivity index (χ0) is 17.2. The maximum absolute atomic E-state index is 13.6. The number of rotatable bonds is 3. The number of benzene rings is 1. The van der Waals surface area contributed by atoms with Crippen molar-refractivity contribution in [1.82, 2.24) is 14.8 Å². The van der Waals surface area contributed by atoms with Crippen LogP contribution in [-0.2, 0) is 4.74 Å². The molecule has 1 atom stereocenters. The molecule has 0 radical (unpaired) electrons. The third-order valence-corrected chi connectivity index (χ3v) is 4.66. The summed E-state index contributed by atoms with van der Waals surface area (Å²) in [5.74, 6) is -0.230. The highest BCUT2D eigenvalue weighted by Gasteiger charge is 2.24. The SMILES string of the molecule is Cc1cc(F)ccc1-c1c(-c2ccncc2)cnn1C1CCCCO1. The van der Waals surface area contributed by atoms with E-state index in [1.165, 1.54) is 6.07 Å². The predicted octanol–water partition coefficient (Wildman–Crippen LogP) is 4.76. The topological polar surface area (TPSA) is 39.9 Å². The number of aromatic nitrogens is 3. The lowest BCUT2D eigenvalue weighted by Crippen LogP contribution is -2.20. The van der Waals surface area contributed by atoms with E-state index >= 15 is 0 Å². The summed E-state index contributed by atoms with van der Waals surface area (Å²) in [5.41, 5.74) is 4.87. The molecule has 0 spiro atoms. The molecule has 4 nitrogen and oxygen atoms in total. The number of pyridine rings is 1. The Kier molecular flexibility index (Phi) is 4.32. The lowest BCUT2D eigenvalue weighted by Gasteiger charge is -2.25. The molecule has 0 N–H and O–H groups in total. The molecule has 25 heavy (non-hydrogen) atoms. The van der Waals surface area contributed by atoms with Crippen molar-refractivity contribution in [2.75, 3.05) is 6.61 Å². The Morgan fingerprint density at radius 3 is 2.68 bits per heavy atom. The number of nitrogens with zero attached hydrogens (tertiary/aromatic N) is 3. The molecule has 2 aromatic heterocycles. The molecule has 0 bridgehead atoms. The molecular weight excluding hydrogens is 317 g/mol. The van der Waals surface area contributed by atoms with Crippen molar-refractivity contribution in [1.29, 1.82) is 0 Å². The first kappa shape index (κ1) is 16.0. The van der Waals surface area contributed by atoms with Gasteiger partial charge in [-0.3, -0.25) is 4.98 Å². The Hall–Kier alpha value is -2.53. The average Bonchev–Trinajstić information content (AvgIpc) is 3.08. The molecule has 1 aliphatic rings. The summed E-state index contributed by atoms with van der Waals surface area (Å²) < 4.78 is 21.5. The van der Waals surface area contributed by atoms with Crippen molar-refractivity contribution in [2.24, 2.45) is 0 Å². The number of hydrogen-bond donors (Lipinski definition) is 0. The summed E-state index contributed by atoms with van der Waals surface area (Å²) in [6.07, 6.45) is 8.46. The van der Waals surface area contributed by atoms with Gasteiger partial charge in [-0.15, -0.1) is 0 Å². The van der Waals surface area contributed by atoms with Gasteiger partial charge in [0.05, 0.1) is 11.9 Å². The quantitative estimate of drug-likeness (QED) is 0.692. The fourth-order valence-electron chi connectivity index (χ4n) is 3.40. The van der Waals surface area contributed by atoms with Gasteiger partial charge in [0.25, 0.3) is 0 Å². The largest absolute Gasteiger partial charge is 0.356 e.